The number of hydrogen-bond acceptors (Lipinski definition) is 2. The monoisotopic (exact) mass is 459 g/mol. The molecule has 1 aromatic carbocycles. The van der Waals surface area contributed by atoms with Crippen LogP contribution in [0, 0.1) is 19.8 Å². The minimum Gasteiger partial charge on any atom is -0.381 e. The van der Waals surface area contributed by atoms with E-state index in [1.807, 2.05) is 0 Å². The Hall–Kier alpha value is -0.820. The van der Waals surface area contributed by atoms with Crippen LogP contribution in [0.3, 0.4) is 0 Å². The number of halogens is 1. The van der Waals surface area contributed by atoms with E-state index in [0.717, 1.165) is 44.7 Å². The molecule has 0 atom stereocenters. The molecule has 1 aromatic rings. The van der Waals surface area contributed by atoms with E-state index in [2.05, 4.69) is 56.2 Å². The number of hydrogen-bond donors (Lipinski definition) is 1. The first kappa shape index (κ1) is 22.2. The molecule has 0 bridgehead atoms. The first-order valence-electron chi connectivity index (χ1n) is 9.23. The highest BCUT2D eigenvalue weighted by Crippen LogP contribution is 2.18. The van der Waals surface area contributed by atoms with Gasteiger partial charge in [0.05, 0.1) is 6.54 Å². The maximum Gasteiger partial charge on any atom is 0.193 e. The van der Waals surface area contributed by atoms with E-state index in [0.29, 0.717) is 0 Å². The lowest BCUT2D eigenvalue weighted by molar-refractivity contribution is 0.0625. The van der Waals surface area contributed by atoms with Gasteiger partial charge in [0.1, 0.15) is 0 Å². The van der Waals surface area contributed by atoms with Crippen molar-refractivity contribution in [3.8, 4) is 0 Å². The summed E-state index contributed by atoms with van der Waals surface area (Å²) in [7, 11) is 2.14. The lowest BCUT2D eigenvalue weighted by Gasteiger charge is -2.27. The third-order valence-corrected chi connectivity index (χ3v) is 4.81. The molecule has 1 heterocycles. The second-order valence-corrected chi connectivity index (χ2v) is 6.87. The van der Waals surface area contributed by atoms with Crippen molar-refractivity contribution >= 4 is 29.9 Å². The molecular formula is C20H34IN3O. The number of rotatable bonds is 6. The van der Waals surface area contributed by atoms with Gasteiger partial charge >= 0.3 is 0 Å². The van der Waals surface area contributed by atoms with Crippen molar-refractivity contribution in [1.82, 2.24) is 10.2 Å². The lowest BCUT2D eigenvalue weighted by atomic mass is 9.96. The third-order valence-electron chi connectivity index (χ3n) is 4.81. The summed E-state index contributed by atoms with van der Waals surface area (Å²) in [5, 5.41) is 3.42. The Morgan fingerprint density at radius 3 is 2.64 bits per heavy atom. The van der Waals surface area contributed by atoms with Crippen LogP contribution in [0.15, 0.2) is 23.2 Å². The Bertz CT molecular complexity index is 542. The molecule has 1 N–H and O–H groups in total. The highest BCUT2D eigenvalue weighted by Gasteiger charge is 2.15. The molecule has 0 spiro atoms. The van der Waals surface area contributed by atoms with Crippen molar-refractivity contribution in [3.05, 3.63) is 34.9 Å². The molecule has 0 aliphatic carbocycles. The molecule has 1 aliphatic rings. The summed E-state index contributed by atoms with van der Waals surface area (Å²) in [6, 6.07) is 6.59. The van der Waals surface area contributed by atoms with Crippen LogP contribution >= 0.6 is 24.0 Å². The van der Waals surface area contributed by atoms with E-state index in [1.54, 1.807) is 0 Å². The van der Waals surface area contributed by atoms with Crippen LogP contribution in [0.5, 0.6) is 0 Å². The van der Waals surface area contributed by atoms with Crippen molar-refractivity contribution in [1.29, 1.82) is 0 Å². The van der Waals surface area contributed by atoms with E-state index >= 15 is 0 Å². The standard InChI is InChI=1S/C20H33N3O.HI/c1-5-21-20(22-15-19-7-6-16(2)14-17(19)3)23(4)11-8-18-9-12-24-13-10-18;/h6-7,14,18H,5,8-13,15H2,1-4H3,(H,21,22);1H. The molecule has 1 saturated heterocycles. The summed E-state index contributed by atoms with van der Waals surface area (Å²) in [6.45, 7) is 10.9. The molecule has 1 aliphatic heterocycles. The SMILES string of the molecule is CCNC(=NCc1ccc(C)cc1C)N(C)CCC1CCOCC1.I. The Labute approximate surface area is 170 Å². The first-order chi connectivity index (χ1) is 11.6. The van der Waals surface area contributed by atoms with Gasteiger partial charge in [-0.2, -0.15) is 0 Å². The van der Waals surface area contributed by atoms with E-state index in [4.69, 9.17) is 9.73 Å². The van der Waals surface area contributed by atoms with Crippen LogP contribution in [0.2, 0.25) is 0 Å². The topological polar surface area (TPSA) is 36.9 Å². The van der Waals surface area contributed by atoms with Gasteiger partial charge in [-0.3, -0.25) is 0 Å². The molecule has 142 valence electrons. The number of guanidine groups is 1. The lowest BCUT2D eigenvalue weighted by Crippen LogP contribution is -2.40. The van der Waals surface area contributed by atoms with Gasteiger partial charge in [0.2, 0.25) is 0 Å². The average molecular weight is 459 g/mol. The molecule has 25 heavy (non-hydrogen) atoms. The third kappa shape index (κ3) is 7.52. The van der Waals surface area contributed by atoms with Crippen LogP contribution in [0.4, 0.5) is 0 Å². The van der Waals surface area contributed by atoms with Crippen molar-refractivity contribution in [2.75, 3.05) is 33.4 Å². The fraction of sp³-hybridized carbons (Fsp3) is 0.650. The minimum absolute atomic E-state index is 0. The maximum atomic E-state index is 5.45. The van der Waals surface area contributed by atoms with Crippen molar-refractivity contribution in [2.45, 2.75) is 46.6 Å². The molecule has 2 rings (SSSR count). The van der Waals surface area contributed by atoms with Crippen molar-refractivity contribution < 1.29 is 4.74 Å². The van der Waals surface area contributed by atoms with Crippen molar-refractivity contribution in [2.24, 2.45) is 10.9 Å². The minimum atomic E-state index is 0. The van der Waals surface area contributed by atoms with Gasteiger partial charge in [-0.1, -0.05) is 23.8 Å². The van der Waals surface area contributed by atoms with E-state index in [9.17, 15) is 0 Å². The zero-order valence-electron chi connectivity index (χ0n) is 16.2. The largest absolute Gasteiger partial charge is 0.381 e. The first-order valence-corrected chi connectivity index (χ1v) is 9.23. The highest BCUT2D eigenvalue weighted by atomic mass is 127. The average Bonchev–Trinajstić information content (AvgIpc) is 2.58. The fourth-order valence-corrected chi connectivity index (χ4v) is 3.17. The molecule has 0 aromatic heterocycles. The summed E-state index contributed by atoms with van der Waals surface area (Å²) < 4.78 is 5.45. The normalized spacial score (nSPS) is 15.6. The Kier molecular flexibility index (Phi) is 10.4. The summed E-state index contributed by atoms with van der Waals surface area (Å²) >= 11 is 0. The summed E-state index contributed by atoms with van der Waals surface area (Å²) in [5.41, 5.74) is 3.93. The number of aryl methyl sites for hydroxylation is 2. The Balaban J connectivity index is 0.00000312. The molecule has 0 radical (unpaired) electrons. The van der Waals surface area contributed by atoms with Crippen LogP contribution in [-0.2, 0) is 11.3 Å². The van der Waals surface area contributed by atoms with Gasteiger partial charge in [-0.25, -0.2) is 4.99 Å². The number of nitrogens with zero attached hydrogens (tertiary/aromatic N) is 2. The predicted molar refractivity (Wildman–Crippen MR) is 117 cm³/mol. The highest BCUT2D eigenvalue weighted by molar-refractivity contribution is 14.0. The van der Waals surface area contributed by atoms with Gasteiger partial charge in [0.25, 0.3) is 0 Å². The van der Waals surface area contributed by atoms with Gasteiger partial charge in [0.15, 0.2) is 5.96 Å². The molecule has 0 unspecified atom stereocenters. The quantitative estimate of drug-likeness (QED) is 0.395. The summed E-state index contributed by atoms with van der Waals surface area (Å²) in [6.07, 6.45) is 3.61. The van der Waals surface area contributed by atoms with Crippen LogP contribution in [0.25, 0.3) is 0 Å². The van der Waals surface area contributed by atoms with E-state index in [-0.39, 0.29) is 24.0 Å². The number of aliphatic imine (C=N–C) groups is 1. The zero-order chi connectivity index (χ0) is 17.4. The molecule has 4 nitrogen and oxygen atoms in total. The second-order valence-electron chi connectivity index (χ2n) is 6.87. The van der Waals surface area contributed by atoms with Crippen molar-refractivity contribution in [3.63, 3.8) is 0 Å². The molecule has 5 heteroatoms. The van der Waals surface area contributed by atoms with Crippen LogP contribution < -0.4 is 5.32 Å². The smallest absolute Gasteiger partial charge is 0.193 e. The van der Waals surface area contributed by atoms with E-state index < -0.39 is 0 Å². The maximum absolute atomic E-state index is 5.45. The van der Waals surface area contributed by atoms with Crippen LogP contribution in [0.1, 0.15) is 42.9 Å². The molecule has 0 amide bonds. The molecule has 0 saturated carbocycles. The summed E-state index contributed by atoms with van der Waals surface area (Å²) in [4.78, 5) is 7.11. The number of nitrogens with one attached hydrogen (secondary N) is 1. The Morgan fingerprint density at radius 2 is 2.00 bits per heavy atom. The van der Waals surface area contributed by atoms with Gasteiger partial charge < -0.3 is 15.0 Å². The van der Waals surface area contributed by atoms with Gasteiger partial charge in [-0.05, 0) is 57.1 Å². The van der Waals surface area contributed by atoms with Gasteiger partial charge in [-0.15, -0.1) is 24.0 Å². The van der Waals surface area contributed by atoms with Gasteiger partial charge in [0, 0.05) is 33.4 Å². The number of benzene rings is 1. The summed E-state index contributed by atoms with van der Waals surface area (Å²) in [5.74, 6) is 1.80. The molecule has 1 fully saturated rings. The van der Waals surface area contributed by atoms with E-state index in [1.165, 1.54) is 36.0 Å². The zero-order valence-corrected chi connectivity index (χ0v) is 18.5. The molecular weight excluding hydrogens is 425 g/mol. The number of ether oxygens (including phenoxy) is 1. The van der Waals surface area contributed by atoms with Crippen LogP contribution in [-0.4, -0.2) is 44.2 Å². The second kappa shape index (κ2) is 11.7. The Morgan fingerprint density at radius 1 is 1.28 bits per heavy atom. The predicted octanol–water partition coefficient (Wildman–Crippen LogP) is 4.14. The fourth-order valence-electron chi connectivity index (χ4n) is 3.17.